The molecule has 1 heterocycles. The number of hydrogen-bond acceptors (Lipinski definition) is 7. The SMILES string of the molecule is CN(C)CCc1nnc(NC(=O)c2cccc(S(C)(=O)=O)c2)s1. The quantitative estimate of drug-likeness (QED) is 0.840. The number of aromatic nitrogens is 2. The number of rotatable bonds is 6. The van der Waals surface area contributed by atoms with Crippen molar-refractivity contribution in [1.82, 2.24) is 15.1 Å². The largest absolute Gasteiger partial charge is 0.309 e. The fourth-order valence-electron chi connectivity index (χ4n) is 1.76. The fraction of sp³-hybridized carbons (Fsp3) is 0.357. The van der Waals surface area contributed by atoms with E-state index < -0.39 is 15.7 Å². The summed E-state index contributed by atoms with van der Waals surface area (Å²) in [5.74, 6) is -0.411. The Bertz CT molecular complexity index is 800. The van der Waals surface area contributed by atoms with Crippen LogP contribution >= 0.6 is 11.3 Å². The summed E-state index contributed by atoms with van der Waals surface area (Å²) in [7, 11) is 0.588. The molecule has 1 aromatic carbocycles. The number of anilines is 1. The van der Waals surface area contributed by atoms with Crippen LogP contribution in [0.1, 0.15) is 15.4 Å². The number of likely N-dealkylation sites (N-methyl/N-ethyl adjacent to an activating group) is 1. The molecule has 1 amide bonds. The molecule has 0 fully saturated rings. The Hall–Kier alpha value is -1.84. The van der Waals surface area contributed by atoms with Gasteiger partial charge in [-0.3, -0.25) is 10.1 Å². The van der Waals surface area contributed by atoms with E-state index in [4.69, 9.17) is 0 Å². The van der Waals surface area contributed by atoms with Gasteiger partial charge in [0.05, 0.1) is 4.90 Å². The van der Waals surface area contributed by atoms with E-state index in [1.807, 2.05) is 19.0 Å². The van der Waals surface area contributed by atoms with Crippen LogP contribution in [0.25, 0.3) is 0 Å². The molecule has 9 heteroatoms. The summed E-state index contributed by atoms with van der Waals surface area (Å²) >= 11 is 1.31. The fourth-order valence-corrected chi connectivity index (χ4v) is 3.15. The molecule has 2 aromatic rings. The lowest BCUT2D eigenvalue weighted by atomic mass is 10.2. The molecule has 0 aliphatic rings. The zero-order chi connectivity index (χ0) is 17.0. The molecule has 1 N–H and O–H groups in total. The van der Waals surface area contributed by atoms with Gasteiger partial charge in [0.15, 0.2) is 9.84 Å². The number of amides is 1. The highest BCUT2D eigenvalue weighted by atomic mass is 32.2. The molecule has 0 aliphatic heterocycles. The summed E-state index contributed by atoms with van der Waals surface area (Å²) in [5.41, 5.74) is 0.262. The molecule has 0 saturated carbocycles. The molecular formula is C14H18N4O3S2. The number of benzene rings is 1. The predicted molar refractivity (Wildman–Crippen MR) is 89.7 cm³/mol. The predicted octanol–water partition coefficient (Wildman–Crippen LogP) is 1.30. The molecule has 0 bridgehead atoms. The first kappa shape index (κ1) is 17.5. The van der Waals surface area contributed by atoms with Gasteiger partial charge in [0, 0.05) is 24.8 Å². The van der Waals surface area contributed by atoms with Gasteiger partial charge in [-0.2, -0.15) is 0 Å². The lowest BCUT2D eigenvalue weighted by Gasteiger charge is -2.06. The molecule has 0 aliphatic carbocycles. The van der Waals surface area contributed by atoms with Gasteiger partial charge < -0.3 is 4.90 Å². The average molecular weight is 354 g/mol. The minimum absolute atomic E-state index is 0.106. The summed E-state index contributed by atoms with van der Waals surface area (Å²) in [5, 5.41) is 11.8. The minimum atomic E-state index is -3.35. The smallest absolute Gasteiger partial charge is 0.257 e. The molecule has 7 nitrogen and oxygen atoms in total. The molecule has 1 aromatic heterocycles. The maximum atomic E-state index is 12.2. The molecule has 0 unspecified atom stereocenters. The first-order chi connectivity index (χ1) is 10.8. The number of nitrogens with one attached hydrogen (secondary N) is 1. The van der Waals surface area contributed by atoms with Crippen LogP contribution in [0.5, 0.6) is 0 Å². The van der Waals surface area contributed by atoms with Gasteiger partial charge in [-0.25, -0.2) is 8.42 Å². The number of nitrogens with zero attached hydrogens (tertiary/aromatic N) is 3. The highest BCUT2D eigenvalue weighted by Crippen LogP contribution is 2.18. The lowest BCUT2D eigenvalue weighted by Crippen LogP contribution is -2.14. The van der Waals surface area contributed by atoms with Crippen molar-refractivity contribution in [2.45, 2.75) is 11.3 Å². The molecule has 2 rings (SSSR count). The van der Waals surface area contributed by atoms with Crippen LogP contribution in [0.4, 0.5) is 5.13 Å². The van der Waals surface area contributed by atoms with E-state index >= 15 is 0 Å². The maximum Gasteiger partial charge on any atom is 0.257 e. The molecule has 23 heavy (non-hydrogen) atoms. The van der Waals surface area contributed by atoms with Crippen molar-refractivity contribution >= 4 is 32.2 Å². The van der Waals surface area contributed by atoms with Crippen LogP contribution in [0, 0.1) is 0 Å². The summed E-state index contributed by atoms with van der Waals surface area (Å²) < 4.78 is 23.1. The van der Waals surface area contributed by atoms with Crippen molar-refractivity contribution in [1.29, 1.82) is 0 Å². The molecule has 0 atom stereocenters. The highest BCUT2D eigenvalue weighted by molar-refractivity contribution is 7.90. The summed E-state index contributed by atoms with van der Waals surface area (Å²) in [6.45, 7) is 0.846. The van der Waals surface area contributed by atoms with Crippen LogP contribution in [0.15, 0.2) is 29.2 Å². The van der Waals surface area contributed by atoms with E-state index in [1.54, 1.807) is 6.07 Å². The molecule has 0 radical (unpaired) electrons. The van der Waals surface area contributed by atoms with E-state index in [1.165, 1.54) is 29.5 Å². The minimum Gasteiger partial charge on any atom is -0.309 e. The zero-order valence-corrected chi connectivity index (χ0v) is 14.7. The monoisotopic (exact) mass is 354 g/mol. The van der Waals surface area contributed by atoms with Crippen molar-refractivity contribution in [2.75, 3.05) is 32.2 Å². The van der Waals surface area contributed by atoms with Gasteiger partial charge in [0.2, 0.25) is 5.13 Å². The van der Waals surface area contributed by atoms with E-state index in [9.17, 15) is 13.2 Å². The van der Waals surface area contributed by atoms with Crippen LogP contribution < -0.4 is 5.32 Å². The van der Waals surface area contributed by atoms with Crippen molar-refractivity contribution in [2.24, 2.45) is 0 Å². The zero-order valence-electron chi connectivity index (χ0n) is 13.1. The standard InChI is InChI=1S/C14H18N4O3S2/c1-18(2)8-7-12-16-17-14(22-12)15-13(19)10-5-4-6-11(9-10)23(3,20)21/h4-6,9H,7-8H2,1-3H3,(H,15,17,19). The second kappa shape index (κ2) is 7.16. The number of carbonyl (C=O) groups is 1. The van der Waals surface area contributed by atoms with Gasteiger partial charge in [0.1, 0.15) is 5.01 Å². The van der Waals surface area contributed by atoms with E-state index in [2.05, 4.69) is 15.5 Å². The van der Waals surface area contributed by atoms with E-state index in [-0.39, 0.29) is 10.5 Å². The van der Waals surface area contributed by atoms with Gasteiger partial charge in [-0.1, -0.05) is 17.4 Å². The van der Waals surface area contributed by atoms with Gasteiger partial charge in [-0.15, -0.1) is 10.2 Å². The van der Waals surface area contributed by atoms with Crippen molar-refractivity contribution < 1.29 is 13.2 Å². The van der Waals surface area contributed by atoms with Crippen molar-refractivity contribution in [3.05, 3.63) is 34.8 Å². The first-order valence-electron chi connectivity index (χ1n) is 6.84. The van der Waals surface area contributed by atoms with E-state index in [0.29, 0.717) is 5.13 Å². The average Bonchev–Trinajstić information content (AvgIpc) is 2.92. The first-order valence-corrected chi connectivity index (χ1v) is 9.55. The van der Waals surface area contributed by atoms with E-state index in [0.717, 1.165) is 24.2 Å². The molecular weight excluding hydrogens is 336 g/mol. The Kier molecular flexibility index (Phi) is 5.45. The Morgan fingerprint density at radius 1 is 1.30 bits per heavy atom. The molecule has 0 saturated heterocycles. The number of carbonyl (C=O) groups excluding carboxylic acids is 1. The van der Waals surface area contributed by atoms with Crippen molar-refractivity contribution in [3.63, 3.8) is 0 Å². The Balaban J connectivity index is 2.08. The van der Waals surface area contributed by atoms with Crippen LogP contribution in [0.3, 0.4) is 0 Å². The normalized spacial score (nSPS) is 11.7. The van der Waals surface area contributed by atoms with Crippen LogP contribution in [-0.2, 0) is 16.3 Å². The summed E-state index contributed by atoms with van der Waals surface area (Å²) in [4.78, 5) is 14.3. The Morgan fingerprint density at radius 3 is 2.70 bits per heavy atom. The van der Waals surface area contributed by atoms with Crippen LogP contribution in [0.2, 0.25) is 0 Å². The van der Waals surface area contributed by atoms with Gasteiger partial charge >= 0.3 is 0 Å². The second-order valence-electron chi connectivity index (χ2n) is 5.31. The third kappa shape index (κ3) is 5.08. The number of hydrogen-bond donors (Lipinski definition) is 1. The molecule has 0 spiro atoms. The van der Waals surface area contributed by atoms with Crippen LogP contribution in [-0.4, -0.2) is 56.3 Å². The topological polar surface area (TPSA) is 92.3 Å². The third-order valence-corrected chi connectivity index (χ3v) is 4.99. The Morgan fingerprint density at radius 2 is 2.04 bits per heavy atom. The number of sulfone groups is 1. The maximum absolute atomic E-state index is 12.2. The Labute approximate surface area is 139 Å². The van der Waals surface area contributed by atoms with Gasteiger partial charge in [-0.05, 0) is 32.3 Å². The molecule has 124 valence electrons. The van der Waals surface area contributed by atoms with Gasteiger partial charge in [0.25, 0.3) is 5.91 Å². The third-order valence-electron chi connectivity index (χ3n) is 2.98. The summed E-state index contributed by atoms with van der Waals surface area (Å²) in [6, 6.07) is 5.89. The second-order valence-corrected chi connectivity index (χ2v) is 8.39. The van der Waals surface area contributed by atoms with Crippen molar-refractivity contribution in [3.8, 4) is 0 Å². The highest BCUT2D eigenvalue weighted by Gasteiger charge is 2.13. The lowest BCUT2D eigenvalue weighted by molar-refractivity contribution is 0.102. The summed E-state index contributed by atoms with van der Waals surface area (Å²) in [6.07, 6.45) is 1.86.